The fourth-order valence-corrected chi connectivity index (χ4v) is 2.09. The van der Waals surface area contributed by atoms with Crippen LogP contribution in [0.5, 0.6) is 0 Å². The lowest BCUT2D eigenvalue weighted by Crippen LogP contribution is -1.97. The van der Waals surface area contributed by atoms with E-state index in [9.17, 15) is 0 Å². The fraction of sp³-hybridized carbons (Fsp3) is 0.0833. The third-order valence-electron chi connectivity index (χ3n) is 2.59. The summed E-state index contributed by atoms with van der Waals surface area (Å²) in [5.41, 5.74) is 2.37. The van der Waals surface area contributed by atoms with Gasteiger partial charge in [-0.2, -0.15) is 0 Å². The molecule has 0 saturated heterocycles. The molecule has 17 heavy (non-hydrogen) atoms. The highest BCUT2D eigenvalue weighted by Crippen LogP contribution is 2.24. The van der Waals surface area contributed by atoms with Gasteiger partial charge in [-0.3, -0.25) is 4.57 Å². The Hall–Kier alpha value is -1.94. The van der Waals surface area contributed by atoms with Crippen LogP contribution >= 0.6 is 11.6 Å². The van der Waals surface area contributed by atoms with Gasteiger partial charge in [0, 0.05) is 5.69 Å². The summed E-state index contributed by atoms with van der Waals surface area (Å²) in [6.07, 6.45) is 1.42. The molecule has 0 amide bonds. The first-order valence-electron chi connectivity index (χ1n) is 5.18. The number of hydrogen-bond acceptors (Lipinski definition) is 3. The lowest BCUT2D eigenvalue weighted by Gasteiger charge is -2.06. The monoisotopic (exact) mass is 244 g/mol. The predicted octanol–water partition coefficient (Wildman–Crippen LogP) is 2.78. The molecule has 1 aromatic carbocycles. The Labute approximate surface area is 103 Å². The van der Waals surface area contributed by atoms with Crippen molar-refractivity contribution >= 4 is 22.8 Å². The van der Waals surface area contributed by atoms with Gasteiger partial charge in [-0.15, -0.1) is 0 Å². The molecule has 0 bridgehead atoms. The highest BCUT2D eigenvalue weighted by molar-refractivity contribution is 6.33. The van der Waals surface area contributed by atoms with Gasteiger partial charge in [0.1, 0.15) is 17.7 Å². The molecule has 0 aliphatic carbocycles. The highest BCUT2D eigenvalue weighted by atomic mass is 35.5. The van der Waals surface area contributed by atoms with Crippen LogP contribution in [0.2, 0.25) is 5.15 Å². The van der Waals surface area contributed by atoms with Crippen molar-refractivity contribution in [1.82, 2.24) is 19.5 Å². The predicted molar refractivity (Wildman–Crippen MR) is 66.4 cm³/mol. The van der Waals surface area contributed by atoms with Gasteiger partial charge in [0.25, 0.3) is 0 Å². The maximum Gasteiger partial charge on any atom is 0.182 e. The minimum absolute atomic E-state index is 0.416. The zero-order valence-electron chi connectivity index (χ0n) is 9.13. The van der Waals surface area contributed by atoms with Crippen molar-refractivity contribution in [3.8, 4) is 5.69 Å². The van der Waals surface area contributed by atoms with Gasteiger partial charge in [-0.05, 0) is 19.1 Å². The molecule has 0 unspecified atom stereocenters. The van der Waals surface area contributed by atoms with Gasteiger partial charge in [0.05, 0.1) is 0 Å². The molecule has 0 atom stereocenters. The topological polar surface area (TPSA) is 43.6 Å². The van der Waals surface area contributed by atoms with Crippen molar-refractivity contribution in [2.45, 2.75) is 6.92 Å². The molecule has 0 N–H and O–H groups in total. The number of benzene rings is 1. The molecular weight excluding hydrogens is 236 g/mol. The first-order valence-corrected chi connectivity index (χ1v) is 5.56. The van der Waals surface area contributed by atoms with E-state index in [2.05, 4.69) is 15.0 Å². The van der Waals surface area contributed by atoms with E-state index in [1.165, 1.54) is 6.33 Å². The summed E-state index contributed by atoms with van der Waals surface area (Å²) in [5, 5.41) is 0.416. The summed E-state index contributed by atoms with van der Waals surface area (Å²) in [4.78, 5) is 12.5. The molecule has 0 spiro atoms. The Morgan fingerprint density at radius 1 is 1.12 bits per heavy atom. The van der Waals surface area contributed by atoms with E-state index in [0.717, 1.165) is 17.0 Å². The summed E-state index contributed by atoms with van der Waals surface area (Å²) in [5.74, 6) is 0.841. The number of fused-ring (bicyclic) bond motifs is 1. The number of para-hydroxylation sites is 1. The van der Waals surface area contributed by atoms with E-state index in [-0.39, 0.29) is 0 Å². The highest BCUT2D eigenvalue weighted by Gasteiger charge is 2.13. The van der Waals surface area contributed by atoms with Gasteiger partial charge in [-0.1, -0.05) is 29.8 Å². The molecule has 84 valence electrons. The van der Waals surface area contributed by atoms with Crippen LogP contribution in [0, 0.1) is 6.92 Å². The molecule has 0 saturated carbocycles. The van der Waals surface area contributed by atoms with E-state index in [4.69, 9.17) is 11.6 Å². The summed E-state index contributed by atoms with van der Waals surface area (Å²) in [7, 11) is 0. The average molecular weight is 245 g/mol. The second-order valence-electron chi connectivity index (χ2n) is 3.67. The Balaban J connectivity index is 2.40. The number of imidazole rings is 1. The third kappa shape index (κ3) is 1.57. The Morgan fingerprint density at radius 2 is 1.88 bits per heavy atom. The van der Waals surface area contributed by atoms with Crippen LogP contribution < -0.4 is 0 Å². The summed E-state index contributed by atoms with van der Waals surface area (Å²) < 4.78 is 1.96. The molecule has 0 fully saturated rings. The first kappa shape index (κ1) is 10.2. The molecule has 0 aliphatic rings. The molecule has 0 aliphatic heterocycles. The SMILES string of the molecule is Cc1nc2ncnc(Cl)c2n1-c1ccccc1. The number of halogens is 1. The zero-order valence-corrected chi connectivity index (χ0v) is 9.89. The number of aromatic nitrogens is 4. The maximum atomic E-state index is 6.11. The first-order chi connectivity index (χ1) is 8.27. The Bertz CT molecular complexity index is 676. The Kier molecular flexibility index (Phi) is 2.30. The van der Waals surface area contributed by atoms with Crippen LogP contribution in [0.15, 0.2) is 36.7 Å². The second-order valence-corrected chi connectivity index (χ2v) is 4.02. The third-order valence-corrected chi connectivity index (χ3v) is 2.86. The van der Waals surface area contributed by atoms with Crippen LogP contribution in [0.1, 0.15) is 5.82 Å². The van der Waals surface area contributed by atoms with Gasteiger partial charge in [-0.25, -0.2) is 15.0 Å². The molecule has 5 heteroatoms. The van der Waals surface area contributed by atoms with Crippen LogP contribution in [-0.2, 0) is 0 Å². The van der Waals surface area contributed by atoms with Crippen LogP contribution in [0.25, 0.3) is 16.9 Å². The molecule has 4 nitrogen and oxygen atoms in total. The molecule has 2 heterocycles. The smallest absolute Gasteiger partial charge is 0.182 e. The summed E-state index contributed by atoms with van der Waals surface area (Å²) in [6, 6.07) is 9.90. The van der Waals surface area contributed by atoms with Gasteiger partial charge in [0.2, 0.25) is 0 Å². The lowest BCUT2D eigenvalue weighted by molar-refractivity contribution is 0.999. The van der Waals surface area contributed by atoms with Crippen molar-refractivity contribution in [3.05, 3.63) is 47.6 Å². The normalized spacial score (nSPS) is 10.9. The fourth-order valence-electron chi connectivity index (χ4n) is 1.88. The van der Waals surface area contributed by atoms with Crippen LogP contribution in [-0.4, -0.2) is 19.5 Å². The standard InChI is InChI=1S/C12H9ClN4/c1-8-16-12-10(11(13)14-7-15-12)17(8)9-5-3-2-4-6-9/h2-7H,1H3. The van der Waals surface area contributed by atoms with Gasteiger partial charge >= 0.3 is 0 Å². The van der Waals surface area contributed by atoms with Crippen molar-refractivity contribution in [2.75, 3.05) is 0 Å². The number of nitrogens with zero attached hydrogens (tertiary/aromatic N) is 4. The summed E-state index contributed by atoms with van der Waals surface area (Å²) in [6.45, 7) is 1.92. The van der Waals surface area contributed by atoms with E-state index < -0.39 is 0 Å². The largest absolute Gasteiger partial charge is 0.292 e. The minimum Gasteiger partial charge on any atom is -0.292 e. The van der Waals surface area contributed by atoms with Crippen LogP contribution in [0.4, 0.5) is 0 Å². The Morgan fingerprint density at radius 3 is 2.65 bits per heavy atom. The average Bonchev–Trinajstić information content (AvgIpc) is 2.68. The number of rotatable bonds is 1. The van der Waals surface area contributed by atoms with E-state index in [0.29, 0.717) is 10.8 Å². The van der Waals surface area contributed by atoms with Gasteiger partial charge < -0.3 is 0 Å². The molecule has 2 aromatic heterocycles. The lowest BCUT2D eigenvalue weighted by atomic mass is 10.3. The number of hydrogen-bond donors (Lipinski definition) is 0. The van der Waals surface area contributed by atoms with Crippen molar-refractivity contribution in [2.24, 2.45) is 0 Å². The van der Waals surface area contributed by atoms with Crippen molar-refractivity contribution in [3.63, 3.8) is 0 Å². The molecular formula is C12H9ClN4. The van der Waals surface area contributed by atoms with Crippen molar-refractivity contribution in [1.29, 1.82) is 0 Å². The zero-order chi connectivity index (χ0) is 11.8. The quantitative estimate of drug-likeness (QED) is 0.618. The van der Waals surface area contributed by atoms with Gasteiger partial charge in [0.15, 0.2) is 10.8 Å². The molecule has 0 radical (unpaired) electrons. The summed E-state index contributed by atoms with van der Waals surface area (Å²) >= 11 is 6.11. The number of aryl methyl sites for hydroxylation is 1. The van der Waals surface area contributed by atoms with Crippen LogP contribution in [0.3, 0.4) is 0 Å². The molecule has 3 rings (SSSR count). The van der Waals surface area contributed by atoms with E-state index in [1.54, 1.807) is 0 Å². The second kappa shape index (κ2) is 3.82. The van der Waals surface area contributed by atoms with E-state index >= 15 is 0 Å². The minimum atomic E-state index is 0.416. The molecule has 3 aromatic rings. The maximum absolute atomic E-state index is 6.11. The van der Waals surface area contributed by atoms with E-state index in [1.807, 2.05) is 41.8 Å². The van der Waals surface area contributed by atoms with Crippen molar-refractivity contribution < 1.29 is 0 Å².